The summed E-state index contributed by atoms with van der Waals surface area (Å²) in [5.41, 5.74) is 3.66. The van der Waals surface area contributed by atoms with Gasteiger partial charge in [0, 0.05) is 61.1 Å². The Hall–Kier alpha value is -2.51. The number of rotatable bonds is 4. The number of benzene rings is 1. The Bertz CT molecular complexity index is 1030. The predicted octanol–water partition coefficient (Wildman–Crippen LogP) is 2.59. The third kappa shape index (κ3) is 3.65. The minimum absolute atomic E-state index is 0.00190. The lowest BCUT2D eigenvalue weighted by atomic mass is 10.1. The third-order valence-corrected chi connectivity index (χ3v) is 5.97. The van der Waals surface area contributed by atoms with Crippen LogP contribution in [0.1, 0.15) is 28.7 Å². The highest BCUT2D eigenvalue weighted by Gasteiger charge is 2.18. The molecule has 2 aromatic heterocycles. The number of hydrogen-bond donors (Lipinski definition) is 0. The molecular weight excluding hydrogens is 360 g/mol. The number of piperazine rings is 1. The molecule has 3 heterocycles. The van der Waals surface area contributed by atoms with Crippen LogP contribution in [0.4, 0.5) is 5.69 Å². The van der Waals surface area contributed by atoms with Gasteiger partial charge in [0.25, 0.3) is 5.56 Å². The van der Waals surface area contributed by atoms with E-state index in [2.05, 4.69) is 14.8 Å². The van der Waals surface area contributed by atoms with Crippen molar-refractivity contribution in [2.24, 2.45) is 0 Å². The van der Waals surface area contributed by atoms with Gasteiger partial charge in [-0.05, 0) is 38.1 Å². The van der Waals surface area contributed by atoms with E-state index in [1.165, 1.54) is 11.3 Å². The van der Waals surface area contributed by atoms with E-state index >= 15 is 0 Å². The highest BCUT2D eigenvalue weighted by molar-refractivity contribution is 7.15. The lowest BCUT2D eigenvalue weighted by Crippen LogP contribution is -2.46. The van der Waals surface area contributed by atoms with Gasteiger partial charge in [0.2, 0.25) is 0 Å². The lowest BCUT2D eigenvalue weighted by molar-refractivity contribution is 0.101. The Morgan fingerprint density at radius 1 is 1.15 bits per heavy atom. The van der Waals surface area contributed by atoms with E-state index < -0.39 is 0 Å². The molecule has 27 heavy (non-hydrogen) atoms. The maximum atomic E-state index is 12.3. The second kappa shape index (κ2) is 7.25. The number of hydrogen-bond acceptors (Lipinski definition) is 6. The van der Waals surface area contributed by atoms with Gasteiger partial charge in [0.1, 0.15) is 0 Å². The van der Waals surface area contributed by atoms with E-state index in [9.17, 15) is 9.59 Å². The molecule has 1 aliphatic heterocycles. The van der Waals surface area contributed by atoms with E-state index in [0.29, 0.717) is 6.54 Å². The average molecular weight is 382 g/mol. The van der Waals surface area contributed by atoms with Crippen LogP contribution in [0, 0.1) is 6.92 Å². The first-order valence-electron chi connectivity index (χ1n) is 9.06. The van der Waals surface area contributed by atoms with Crippen LogP contribution in [0.2, 0.25) is 0 Å². The van der Waals surface area contributed by atoms with Gasteiger partial charge in [0.15, 0.2) is 10.7 Å². The molecule has 1 fully saturated rings. The van der Waals surface area contributed by atoms with Crippen LogP contribution in [0.15, 0.2) is 40.5 Å². The zero-order valence-electron chi connectivity index (χ0n) is 15.5. The molecule has 0 amide bonds. The highest BCUT2D eigenvalue weighted by atomic mass is 32.1. The third-order valence-electron chi connectivity index (χ3n) is 5.03. The van der Waals surface area contributed by atoms with Crippen molar-refractivity contribution in [2.75, 3.05) is 31.1 Å². The maximum absolute atomic E-state index is 12.3. The number of fused-ring (bicyclic) bond motifs is 1. The van der Waals surface area contributed by atoms with Gasteiger partial charge in [-0.2, -0.15) is 0 Å². The molecule has 0 radical (unpaired) electrons. The summed E-state index contributed by atoms with van der Waals surface area (Å²) >= 11 is 1.51. The van der Waals surface area contributed by atoms with E-state index in [-0.39, 0.29) is 11.3 Å². The van der Waals surface area contributed by atoms with Crippen LogP contribution in [-0.2, 0) is 6.54 Å². The van der Waals surface area contributed by atoms with Gasteiger partial charge >= 0.3 is 0 Å². The molecule has 1 aliphatic rings. The number of Topliss-reactive ketones (excluding diaryl/α,β-unsaturated/α-hetero) is 1. The maximum Gasteiger partial charge on any atom is 0.259 e. The number of aryl methyl sites for hydroxylation is 1. The molecule has 0 unspecified atom stereocenters. The van der Waals surface area contributed by atoms with Crippen molar-refractivity contribution in [3.63, 3.8) is 0 Å². The Kier molecular flexibility index (Phi) is 4.80. The second-order valence-electron chi connectivity index (χ2n) is 6.95. The Labute approximate surface area is 161 Å². The smallest absolute Gasteiger partial charge is 0.259 e. The molecule has 0 saturated carbocycles. The fraction of sp³-hybridized carbons (Fsp3) is 0.350. The van der Waals surface area contributed by atoms with Crippen LogP contribution in [0.25, 0.3) is 4.96 Å². The Morgan fingerprint density at radius 3 is 2.52 bits per heavy atom. The quantitative estimate of drug-likeness (QED) is 0.649. The molecule has 4 rings (SSSR count). The molecular formula is C20H22N4O2S. The number of carbonyl (C=O) groups excluding carboxylic acids is 1. The molecule has 7 heteroatoms. The molecule has 3 aromatic rings. The zero-order chi connectivity index (χ0) is 19.0. The van der Waals surface area contributed by atoms with Gasteiger partial charge in [-0.1, -0.05) is 0 Å². The Balaban J connectivity index is 1.41. The summed E-state index contributed by atoms with van der Waals surface area (Å²) in [5.74, 6) is 0.0904. The topological polar surface area (TPSA) is 57.9 Å². The normalized spacial score (nSPS) is 15.4. The molecule has 0 atom stereocenters. The summed E-state index contributed by atoms with van der Waals surface area (Å²) in [5, 5.41) is 1.96. The molecule has 1 aromatic carbocycles. The van der Waals surface area contributed by atoms with Crippen molar-refractivity contribution in [1.82, 2.24) is 14.3 Å². The van der Waals surface area contributed by atoms with Crippen molar-refractivity contribution in [1.29, 1.82) is 0 Å². The van der Waals surface area contributed by atoms with Crippen LogP contribution in [0.3, 0.4) is 0 Å². The van der Waals surface area contributed by atoms with E-state index in [4.69, 9.17) is 0 Å². The summed E-state index contributed by atoms with van der Waals surface area (Å²) in [6.07, 6.45) is 0. The predicted molar refractivity (Wildman–Crippen MR) is 108 cm³/mol. The average Bonchev–Trinajstić information content (AvgIpc) is 3.04. The lowest BCUT2D eigenvalue weighted by Gasteiger charge is -2.36. The summed E-state index contributed by atoms with van der Waals surface area (Å²) in [4.78, 5) is 33.8. The molecule has 0 bridgehead atoms. The fourth-order valence-electron chi connectivity index (χ4n) is 3.48. The molecule has 6 nitrogen and oxygen atoms in total. The van der Waals surface area contributed by atoms with Crippen LogP contribution in [-0.4, -0.2) is 46.2 Å². The van der Waals surface area contributed by atoms with E-state index in [0.717, 1.165) is 53.8 Å². The van der Waals surface area contributed by atoms with Crippen LogP contribution in [0.5, 0.6) is 0 Å². The largest absolute Gasteiger partial charge is 0.369 e. The van der Waals surface area contributed by atoms with Gasteiger partial charge in [0.05, 0.1) is 5.69 Å². The first kappa shape index (κ1) is 17.9. The standard InChI is InChI=1S/C20H22N4O2S/c1-14-13-27-20-21-17(11-19(26)24(14)20)12-22-7-9-23(10-8-22)18-5-3-16(4-6-18)15(2)25/h3-6,11,13H,7-10,12H2,1-2H3. The van der Waals surface area contributed by atoms with E-state index in [1.54, 1.807) is 17.4 Å². The monoisotopic (exact) mass is 382 g/mol. The van der Waals surface area contributed by atoms with Crippen LogP contribution < -0.4 is 10.5 Å². The minimum atomic E-state index is -0.00190. The second-order valence-corrected chi connectivity index (χ2v) is 7.78. The number of thiazole rings is 1. The molecule has 0 aliphatic carbocycles. The van der Waals surface area contributed by atoms with Crippen molar-refractivity contribution < 1.29 is 4.79 Å². The van der Waals surface area contributed by atoms with Crippen LogP contribution >= 0.6 is 11.3 Å². The number of aromatic nitrogens is 2. The fourth-order valence-corrected chi connectivity index (χ4v) is 4.37. The Morgan fingerprint density at radius 2 is 1.85 bits per heavy atom. The van der Waals surface area contributed by atoms with Crippen molar-refractivity contribution in [2.45, 2.75) is 20.4 Å². The van der Waals surface area contributed by atoms with Crippen molar-refractivity contribution >= 4 is 27.8 Å². The molecule has 0 N–H and O–H groups in total. The molecule has 1 saturated heterocycles. The number of ketones is 1. The minimum Gasteiger partial charge on any atom is -0.369 e. The van der Waals surface area contributed by atoms with E-state index in [1.807, 2.05) is 36.6 Å². The summed E-state index contributed by atoms with van der Waals surface area (Å²) < 4.78 is 1.66. The van der Waals surface area contributed by atoms with Crippen molar-refractivity contribution in [3.05, 3.63) is 63.0 Å². The molecule has 140 valence electrons. The van der Waals surface area contributed by atoms with Crippen molar-refractivity contribution in [3.8, 4) is 0 Å². The first-order chi connectivity index (χ1) is 13.0. The zero-order valence-corrected chi connectivity index (χ0v) is 16.3. The number of anilines is 1. The van der Waals surface area contributed by atoms with Gasteiger partial charge < -0.3 is 4.90 Å². The summed E-state index contributed by atoms with van der Waals surface area (Å²) in [6.45, 7) is 7.87. The first-order valence-corrected chi connectivity index (χ1v) is 9.94. The SMILES string of the molecule is CC(=O)c1ccc(N2CCN(Cc3cc(=O)n4c(C)csc4n3)CC2)cc1. The van der Waals surface area contributed by atoms with Gasteiger partial charge in [-0.3, -0.25) is 18.9 Å². The van der Waals surface area contributed by atoms with Gasteiger partial charge in [-0.15, -0.1) is 11.3 Å². The van der Waals surface area contributed by atoms with Gasteiger partial charge in [-0.25, -0.2) is 4.98 Å². The molecule has 0 spiro atoms. The summed E-state index contributed by atoms with van der Waals surface area (Å²) in [7, 11) is 0. The highest BCUT2D eigenvalue weighted by Crippen LogP contribution is 2.19. The summed E-state index contributed by atoms with van der Waals surface area (Å²) in [6, 6.07) is 9.46. The number of nitrogens with zero attached hydrogens (tertiary/aromatic N) is 4. The number of carbonyl (C=O) groups is 1.